The van der Waals surface area contributed by atoms with Gasteiger partial charge in [-0.2, -0.15) is 10.2 Å². The number of H-pyrrole nitrogens is 1. The highest BCUT2D eigenvalue weighted by Crippen LogP contribution is 2.26. The van der Waals surface area contributed by atoms with Crippen LogP contribution in [0.2, 0.25) is 0 Å². The number of amides is 1. The van der Waals surface area contributed by atoms with Crippen LogP contribution in [0.5, 0.6) is 0 Å². The molecule has 1 unspecified atom stereocenters. The van der Waals surface area contributed by atoms with Gasteiger partial charge in [0.05, 0.1) is 11.4 Å². The van der Waals surface area contributed by atoms with Gasteiger partial charge in [-0.3, -0.25) is 14.5 Å². The maximum atomic E-state index is 13.0. The first-order valence-corrected chi connectivity index (χ1v) is 9.84. The molecular weight excluding hydrogens is 394 g/mol. The van der Waals surface area contributed by atoms with Gasteiger partial charge in [-0.15, -0.1) is 11.3 Å². The van der Waals surface area contributed by atoms with Crippen LogP contribution in [0.4, 0.5) is 5.69 Å². The fourth-order valence-corrected chi connectivity index (χ4v) is 3.87. The predicted molar refractivity (Wildman–Crippen MR) is 110 cm³/mol. The number of rotatable bonds is 6. The number of nitrogens with zero attached hydrogens (tertiary/aromatic N) is 5. The second-order valence-corrected chi connectivity index (χ2v) is 7.45. The minimum Gasteiger partial charge on any atom is -0.324 e. The van der Waals surface area contributed by atoms with Crippen molar-refractivity contribution in [3.8, 4) is 10.7 Å². The lowest BCUT2D eigenvalue weighted by molar-refractivity contribution is -0.118. The molecule has 1 atom stereocenters. The number of thiophene rings is 1. The summed E-state index contributed by atoms with van der Waals surface area (Å²) in [6.07, 6.45) is 3.12. The van der Waals surface area contributed by atoms with E-state index in [0.717, 1.165) is 16.1 Å². The van der Waals surface area contributed by atoms with Crippen molar-refractivity contribution < 1.29 is 4.79 Å². The van der Waals surface area contributed by atoms with E-state index in [1.807, 2.05) is 41.8 Å². The molecule has 0 saturated heterocycles. The van der Waals surface area contributed by atoms with E-state index in [-0.39, 0.29) is 5.91 Å². The maximum absolute atomic E-state index is 13.0. The summed E-state index contributed by atoms with van der Waals surface area (Å²) >= 11 is 6.90. The van der Waals surface area contributed by atoms with Crippen LogP contribution < -0.4 is 5.32 Å². The maximum Gasteiger partial charge on any atom is 0.247 e. The standard InChI is InChI=1S/C18H17N7OS2/c1-12(25-16(22-23-18(25)27)15-7-4-8-28-15)17(26)21-14-6-3-2-5-13(14)9-24-11-19-10-20-24/h2-8,10-12H,9H2,1H3,(H,21,26)(H,23,27). The fourth-order valence-electron chi connectivity index (χ4n) is 2.87. The third-order valence-corrected chi connectivity index (χ3v) is 5.44. The van der Waals surface area contributed by atoms with Gasteiger partial charge in [0.1, 0.15) is 18.7 Å². The second kappa shape index (κ2) is 7.87. The average Bonchev–Trinajstić information content (AvgIpc) is 3.44. The topological polar surface area (TPSA) is 93.4 Å². The molecule has 0 aliphatic heterocycles. The van der Waals surface area contributed by atoms with Crippen LogP contribution in [0, 0.1) is 4.77 Å². The van der Waals surface area contributed by atoms with E-state index in [9.17, 15) is 4.79 Å². The SMILES string of the molecule is CC(C(=O)Nc1ccccc1Cn1cncn1)n1c(-c2cccs2)n[nH]c1=S. The van der Waals surface area contributed by atoms with Crippen LogP contribution in [0.3, 0.4) is 0 Å². The van der Waals surface area contributed by atoms with Crippen LogP contribution >= 0.6 is 23.6 Å². The van der Waals surface area contributed by atoms with Gasteiger partial charge in [-0.25, -0.2) is 9.67 Å². The molecule has 142 valence electrons. The number of nitrogens with one attached hydrogen (secondary N) is 2. The summed E-state index contributed by atoms with van der Waals surface area (Å²) in [6, 6.07) is 11.0. The highest BCUT2D eigenvalue weighted by Gasteiger charge is 2.22. The van der Waals surface area contributed by atoms with Gasteiger partial charge < -0.3 is 5.32 Å². The molecule has 3 heterocycles. The van der Waals surface area contributed by atoms with Crippen LogP contribution in [-0.2, 0) is 11.3 Å². The van der Waals surface area contributed by atoms with Gasteiger partial charge in [0.25, 0.3) is 0 Å². The van der Waals surface area contributed by atoms with Gasteiger partial charge in [0.2, 0.25) is 5.91 Å². The highest BCUT2D eigenvalue weighted by atomic mass is 32.1. The van der Waals surface area contributed by atoms with E-state index in [2.05, 4.69) is 25.6 Å². The zero-order valence-electron chi connectivity index (χ0n) is 14.9. The normalized spacial score (nSPS) is 12.0. The summed E-state index contributed by atoms with van der Waals surface area (Å²) in [5.41, 5.74) is 1.66. The van der Waals surface area contributed by atoms with E-state index >= 15 is 0 Å². The Kier molecular flexibility index (Phi) is 5.13. The Hall–Kier alpha value is -3.11. The third-order valence-electron chi connectivity index (χ3n) is 4.29. The molecule has 3 aromatic heterocycles. The molecule has 0 radical (unpaired) electrons. The minimum absolute atomic E-state index is 0.179. The molecule has 0 saturated carbocycles. The second-order valence-electron chi connectivity index (χ2n) is 6.12. The molecule has 0 aliphatic carbocycles. The first-order chi connectivity index (χ1) is 13.6. The lowest BCUT2D eigenvalue weighted by Crippen LogP contribution is -2.25. The smallest absolute Gasteiger partial charge is 0.247 e. The lowest BCUT2D eigenvalue weighted by Gasteiger charge is -2.17. The Morgan fingerprint density at radius 3 is 2.93 bits per heavy atom. The molecule has 4 aromatic rings. The number of anilines is 1. The first kappa shape index (κ1) is 18.3. The zero-order valence-corrected chi connectivity index (χ0v) is 16.6. The number of carbonyl (C=O) groups is 1. The Balaban J connectivity index is 1.59. The summed E-state index contributed by atoms with van der Waals surface area (Å²) in [4.78, 5) is 17.9. The van der Waals surface area contributed by atoms with Gasteiger partial charge >= 0.3 is 0 Å². The van der Waals surface area contributed by atoms with Crippen LogP contribution in [0.1, 0.15) is 18.5 Å². The van der Waals surface area contributed by atoms with Crippen molar-refractivity contribution in [3.63, 3.8) is 0 Å². The van der Waals surface area contributed by atoms with E-state index in [1.165, 1.54) is 6.33 Å². The molecule has 4 rings (SSSR count). The van der Waals surface area contributed by atoms with Crippen molar-refractivity contribution in [2.24, 2.45) is 0 Å². The number of aromatic amines is 1. The Bertz CT molecular complexity index is 1130. The molecule has 8 nitrogen and oxygen atoms in total. The number of aromatic nitrogens is 6. The number of hydrogen-bond donors (Lipinski definition) is 2. The molecule has 1 aromatic carbocycles. The highest BCUT2D eigenvalue weighted by molar-refractivity contribution is 7.71. The van der Waals surface area contributed by atoms with E-state index in [1.54, 1.807) is 33.8 Å². The Morgan fingerprint density at radius 2 is 2.18 bits per heavy atom. The van der Waals surface area contributed by atoms with Gasteiger partial charge in [0, 0.05) is 5.69 Å². The van der Waals surface area contributed by atoms with Gasteiger partial charge in [-0.05, 0) is 42.2 Å². The molecule has 28 heavy (non-hydrogen) atoms. The summed E-state index contributed by atoms with van der Waals surface area (Å²) in [6.45, 7) is 2.31. The number of para-hydroxylation sites is 1. The molecule has 1 amide bonds. The summed E-state index contributed by atoms with van der Waals surface area (Å²) in [7, 11) is 0. The van der Waals surface area contributed by atoms with Crippen molar-refractivity contribution in [1.29, 1.82) is 0 Å². The molecule has 0 bridgehead atoms. The quantitative estimate of drug-likeness (QED) is 0.474. The Morgan fingerprint density at radius 1 is 1.32 bits per heavy atom. The Labute approximate surface area is 169 Å². The largest absolute Gasteiger partial charge is 0.324 e. The first-order valence-electron chi connectivity index (χ1n) is 8.55. The van der Waals surface area contributed by atoms with Crippen LogP contribution in [0.25, 0.3) is 10.7 Å². The predicted octanol–water partition coefficient (Wildman–Crippen LogP) is 3.51. The number of hydrogen-bond acceptors (Lipinski definition) is 6. The minimum atomic E-state index is -0.539. The summed E-state index contributed by atoms with van der Waals surface area (Å²) in [5.74, 6) is 0.472. The van der Waals surface area contributed by atoms with Crippen molar-refractivity contribution >= 4 is 35.1 Å². The van der Waals surface area contributed by atoms with Crippen molar-refractivity contribution in [2.45, 2.75) is 19.5 Å². The lowest BCUT2D eigenvalue weighted by atomic mass is 10.1. The summed E-state index contributed by atoms with van der Waals surface area (Å²) < 4.78 is 3.84. The van der Waals surface area contributed by atoms with E-state index in [0.29, 0.717) is 17.1 Å². The molecule has 0 spiro atoms. The number of benzene rings is 1. The molecular formula is C18H17N7OS2. The molecule has 0 fully saturated rings. The molecule has 10 heteroatoms. The zero-order chi connectivity index (χ0) is 19.5. The van der Waals surface area contributed by atoms with E-state index in [4.69, 9.17) is 12.2 Å². The number of carbonyl (C=O) groups excluding carboxylic acids is 1. The van der Waals surface area contributed by atoms with Crippen molar-refractivity contribution in [1.82, 2.24) is 29.5 Å². The van der Waals surface area contributed by atoms with E-state index < -0.39 is 6.04 Å². The van der Waals surface area contributed by atoms with Crippen molar-refractivity contribution in [3.05, 3.63) is 64.8 Å². The van der Waals surface area contributed by atoms with Gasteiger partial charge in [0.15, 0.2) is 10.6 Å². The summed E-state index contributed by atoms with van der Waals surface area (Å²) in [5, 5.41) is 16.2. The average molecular weight is 412 g/mol. The van der Waals surface area contributed by atoms with Gasteiger partial charge in [-0.1, -0.05) is 24.3 Å². The monoisotopic (exact) mass is 411 g/mol. The third kappa shape index (κ3) is 3.64. The van der Waals surface area contributed by atoms with Crippen LogP contribution in [-0.4, -0.2) is 35.4 Å². The van der Waals surface area contributed by atoms with Crippen LogP contribution in [0.15, 0.2) is 54.4 Å². The van der Waals surface area contributed by atoms with Crippen molar-refractivity contribution in [2.75, 3.05) is 5.32 Å². The molecule has 2 N–H and O–H groups in total. The molecule has 0 aliphatic rings. The fraction of sp³-hybridized carbons (Fsp3) is 0.167.